The van der Waals surface area contributed by atoms with Gasteiger partial charge < -0.3 is 0 Å². The lowest BCUT2D eigenvalue weighted by molar-refractivity contribution is -0.499. The van der Waals surface area contributed by atoms with E-state index in [1.807, 2.05) is 0 Å². The first-order valence-electron chi connectivity index (χ1n) is 3.66. The Morgan fingerprint density at radius 2 is 1.80 bits per heavy atom. The minimum absolute atomic E-state index is 0.552. The van der Waals surface area contributed by atoms with Crippen molar-refractivity contribution >= 4 is 5.69 Å². The highest BCUT2D eigenvalue weighted by atomic mass is 19.2. The van der Waals surface area contributed by atoms with Crippen LogP contribution in [0, 0.1) is 31.9 Å². The van der Waals surface area contributed by atoms with E-state index < -0.39 is 39.3 Å². The van der Waals surface area contributed by atoms with Crippen molar-refractivity contribution < 1.29 is 18.6 Å². The monoisotopic (exact) mass is 218 g/mol. The molecule has 0 N–H and O–H groups in total. The largest absolute Gasteiger partial charge is 0.282 e. The minimum atomic E-state index is -1.55. The Hall–Kier alpha value is -2.12. The maximum atomic E-state index is 13.0. The molecule has 0 unspecified atom stereocenters. The fraction of sp³-hybridized carbons (Fsp3) is 0.143. The molecule has 0 heterocycles. The number of rotatable bonds is 3. The molecule has 15 heavy (non-hydrogen) atoms. The van der Waals surface area contributed by atoms with Crippen LogP contribution in [0.2, 0.25) is 0 Å². The Morgan fingerprint density at radius 3 is 2.27 bits per heavy atom. The molecule has 0 atom stereocenters. The van der Waals surface area contributed by atoms with Crippen molar-refractivity contribution in [1.29, 1.82) is 0 Å². The van der Waals surface area contributed by atoms with Crippen LogP contribution in [-0.2, 0) is 6.54 Å². The van der Waals surface area contributed by atoms with Crippen molar-refractivity contribution in [3.8, 4) is 0 Å². The molecule has 0 amide bonds. The average Bonchev–Trinajstić information content (AvgIpc) is 2.12. The zero-order valence-corrected chi connectivity index (χ0v) is 7.15. The summed E-state index contributed by atoms with van der Waals surface area (Å²) in [6.07, 6.45) is 0. The maximum Gasteiger partial charge on any atom is 0.282 e. The molecule has 0 aromatic heterocycles. The molecule has 1 aromatic rings. The molecule has 1 aromatic carbocycles. The maximum absolute atomic E-state index is 13.0. The quantitative estimate of drug-likeness (QED) is 0.570. The van der Waals surface area contributed by atoms with Gasteiger partial charge in [-0.25, -0.2) is 8.78 Å². The van der Waals surface area contributed by atoms with Gasteiger partial charge in [-0.2, -0.15) is 0 Å². The lowest BCUT2D eigenvalue weighted by atomic mass is 10.1. The second kappa shape index (κ2) is 3.95. The van der Waals surface area contributed by atoms with E-state index in [0.717, 1.165) is 0 Å². The second-order valence-electron chi connectivity index (χ2n) is 2.61. The summed E-state index contributed by atoms with van der Waals surface area (Å²) >= 11 is 0. The summed E-state index contributed by atoms with van der Waals surface area (Å²) in [6, 6.07) is 1.24. The molecule has 0 saturated carbocycles. The first kappa shape index (κ1) is 11.0. The van der Waals surface area contributed by atoms with Crippen LogP contribution in [0.15, 0.2) is 12.1 Å². The minimum Gasteiger partial charge on any atom is -0.264 e. The number of nitro groups is 2. The third-order valence-electron chi connectivity index (χ3n) is 1.66. The summed E-state index contributed by atoms with van der Waals surface area (Å²) in [5, 5.41) is 20.5. The van der Waals surface area contributed by atoms with Crippen molar-refractivity contribution in [3.63, 3.8) is 0 Å². The summed E-state index contributed by atoms with van der Waals surface area (Å²) in [5.74, 6) is -2.90. The fourth-order valence-electron chi connectivity index (χ4n) is 1.03. The van der Waals surface area contributed by atoms with Crippen molar-refractivity contribution in [2.45, 2.75) is 6.54 Å². The lowest BCUT2D eigenvalue weighted by Crippen LogP contribution is -2.06. The van der Waals surface area contributed by atoms with Gasteiger partial charge in [0.2, 0.25) is 6.54 Å². The van der Waals surface area contributed by atoms with E-state index in [9.17, 15) is 29.0 Å². The summed E-state index contributed by atoms with van der Waals surface area (Å²) in [5.41, 5.74) is -1.66. The van der Waals surface area contributed by atoms with E-state index in [2.05, 4.69) is 0 Å². The van der Waals surface area contributed by atoms with Crippen LogP contribution in [-0.4, -0.2) is 9.85 Å². The van der Waals surface area contributed by atoms with Gasteiger partial charge >= 0.3 is 0 Å². The van der Waals surface area contributed by atoms with Crippen LogP contribution in [0.3, 0.4) is 0 Å². The number of benzene rings is 1. The number of nitro benzene ring substituents is 1. The van der Waals surface area contributed by atoms with Crippen molar-refractivity contribution in [2.24, 2.45) is 0 Å². The summed E-state index contributed by atoms with van der Waals surface area (Å²) in [6.45, 7) is -1.13. The lowest BCUT2D eigenvalue weighted by Gasteiger charge is -2.00. The predicted octanol–water partition coefficient (Wildman–Crippen LogP) is 1.65. The molecule has 1 rings (SSSR count). The number of hydrogen-bond acceptors (Lipinski definition) is 4. The molecule has 0 radical (unpaired) electrons. The van der Waals surface area contributed by atoms with Gasteiger partial charge in [0.15, 0.2) is 11.6 Å². The Kier molecular flexibility index (Phi) is 2.88. The van der Waals surface area contributed by atoms with E-state index in [4.69, 9.17) is 0 Å². The predicted molar refractivity (Wildman–Crippen MR) is 43.7 cm³/mol. The standard InChI is InChI=1S/C7H4F2N2O4/c8-5-1-2-6(11(14)15)4(7(5)9)3-10(12)13/h1-2H,3H2. The Balaban J connectivity index is 3.34. The van der Waals surface area contributed by atoms with Gasteiger partial charge in [0.1, 0.15) is 5.56 Å². The van der Waals surface area contributed by atoms with Crippen LogP contribution in [0.5, 0.6) is 0 Å². The van der Waals surface area contributed by atoms with E-state index in [1.54, 1.807) is 0 Å². The van der Waals surface area contributed by atoms with Gasteiger partial charge in [0.25, 0.3) is 5.69 Å². The molecular formula is C7H4F2N2O4. The molecule has 0 fully saturated rings. The third kappa shape index (κ3) is 2.22. The molecule has 6 nitrogen and oxygen atoms in total. The SMILES string of the molecule is O=[N+]([O-])Cc1c([N+](=O)[O-])ccc(F)c1F. The van der Waals surface area contributed by atoms with Gasteiger partial charge in [0.05, 0.1) is 4.92 Å². The summed E-state index contributed by atoms with van der Waals surface area (Å²) in [4.78, 5) is 18.5. The van der Waals surface area contributed by atoms with Gasteiger partial charge in [-0.15, -0.1) is 0 Å². The molecule has 0 aliphatic heterocycles. The van der Waals surface area contributed by atoms with Crippen molar-refractivity contribution in [3.05, 3.63) is 49.6 Å². The fourth-order valence-corrected chi connectivity index (χ4v) is 1.03. The Labute approximate surface area is 81.4 Å². The summed E-state index contributed by atoms with van der Waals surface area (Å²) in [7, 11) is 0. The Bertz CT molecular complexity index is 435. The van der Waals surface area contributed by atoms with E-state index >= 15 is 0 Å². The Morgan fingerprint density at radius 1 is 1.20 bits per heavy atom. The second-order valence-corrected chi connectivity index (χ2v) is 2.61. The topological polar surface area (TPSA) is 86.3 Å². The molecule has 8 heteroatoms. The normalized spacial score (nSPS) is 10.0. The van der Waals surface area contributed by atoms with E-state index in [0.29, 0.717) is 12.1 Å². The van der Waals surface area contributed by atoms with Crippen LogP contribution in [0.4, 0.5) is 14.5 Å². The molecule has 0 aliphatic carbocycles. The van der Waals surface area contributed by atoms with Gasteiger partial charge in [-0.3, -0.25) is 20.2 Å². The molecule has 80 valence electrons. The van der Waals surface area contributed by atoms with Crippen molar-refractivity contribution in [1.82, 2.24) is 0 Å². The zero-order chi connectivity index (χ0) is 11.6. The number of nitrogens with zero attached hydrogens (tertiary/aromatic N) is 2. The zero-order valence-electron chi connectivity index (χ0n) is 7.15. The van der Waals surface area contributed by atoms with Gasteiger partial charge in [-0.05, 0) is 6.07 Å². The van der Waals surface area contributed by atoms with Crippen LogP contribution in [0.25, 0.3) is 0 Å². The summed E-state index contributed by atoms with van der Waals surface area (Å²) < 4.78 is 25.7. The van der Waals surface area contributed by atoms with E-state index in [-0.39, 0.29) is 0 Å². The molecule has 0 bridgehead atoms. The number of halogens is 2. The van der Waals surface area contributed by atoms with E-state index in [1.165, 1.54) is 0 Å². The first-order chi connectivity index (χ1) is 6.93. The third-order valence-corrected chi connectivity index (χ3v) is 1.66. The highest BCUT2D eigenvalue weighted by Crippen LogP contribution is 2.24. The van der Waals surface area contributed by atoms with Crippen LogP contribution < -0.4 is 0 Å². The highest BCUT2D eigenvalue weighted by Gasteiger charge is 2.25. The molecule has 0 aliphatic rings. The average molecular weight is 218 g/mol. The van der Waals surface area contributed by atoms with Crippen LogP contribution >= 0.6 is 0 Å². The van der Waals surface area contributed by atoms with Crippen LogP contribution in [0.1, 0.15) is 5.56 Å². The van der Waals surface area contributed by atoms with Crippen molar-refractivity contribution in [2.75, 3.05) is 0 Å². The molecule has 0 spiro atoms. The van der Waals surface area contributed by atoms with Gasteiger partial charge in [-0.1, -0.05) is 0 Å². The highest BCUT2D eigenvalue weighted by molar-refractivity contribution is 5.40. The smallest absolute Gasteiger partial charge is 0.264 e. The number of hydrogen-bond donors (Lipinski definition) is 0. The molecular weight excluding hydrogens is 214 g/mol. The molecule has 0 saturated heterocycles. The first-order valence-corrected chi connectivity index (χ1v) is 3.66. The van der Waals surface area contributed by atoms with Gasteiger partial charge in [0, 0.05) is 11.0 Å².